The molecule has 2 N–H and O–H groups in total. The summed E-state index contributed by atoms with van der Waals surface area (Å²) in [5.41, 5.74) is 0.819. The van der Waals surface area contributed by atoms with E-state index >= 15 is 0 Å². The summed E-state index contributed by atoms with van der Waals surface area (Å²) in [6.45, 7) is 1.41. The predicted molar refractivity (Wildman–Crippen MR) is 82.7 cm³/mol. The molecule has 1 aliphatic heterocycles. The topological polar surface area (TPSA) is 50.4 Å². The molecule has 2 rings (SSSR count). The van der Waals surface area contributed by atoms with Crippen LogP contribution in [0.5, 0.6) is 5.75 Å². The van der Waals surface area contributed by atoms with E-state index in [0.717, 1.165) is 24.9 Å². The summed E-state index contributed by atoms with van der Waals surface area (Å²) < 4.78 is 5.24. The average Bonchev–Trinajstić information content (AvgIpc) is 2.89. The Morgan fingerprint density at radius 1 is 1.55 bits per heavy atom. The molecule has 1 amide bonds. The molecule has 0 spiro atoms. The van der Waals surface area contributed by atoms with E-state index in [1.807, 2.05) is 12.1 Å². The molecule has 1 aliphatic rings. The number of benzene rings is 1. The SMILES string of the molecule is COc1cccc(Cl)c1CNC(=O)CC1CCCN1.Cl. The van der Waals surface area contributed by atoms with Crippen molar-refractivity contribution in [3.8, 4) is 5.75 Å². The highest BCUT2D eigenvalue weighted by molar-refractivity contribution is 6.31. The fourth-order valence-corrected chi connectivity index (χ4v) is 2.55. The van der Waals surface area contributed by atoms with Crippen molar-refractivity contribution in [3.05, 3.63) is 28.8 Å². The summed E-state index contributed by atoms with van der Waals surface area (Å²) in [7, 11) is 1.60. The molecule has 112 valence electrons. The van der Waals surface area contributed by atoms with E-state index < -0.39 is 0 Å². The summed E-state index contributed by atoms with van der Waals surface area (Å²) >= 11 is 6.12. The molecule has 20 heavy (non-hydrogen) atoms. The van der Waals surface area contributed by atoms with Crippen molar-refractivity contribution >= 4 is 29.9 Å². The van der Waals surface area contributed by atoms with Gasteiger partial charge in [0.05, 0.1) is 7.11 Å². The van der Waals surface area contributed by atoms with E-state index in [4.69, 9.17) is 16.3 Å². The lowest BCUT2D eigenvalue weighted by molar-refractivity contribution is -0.121. The van der Waals surface area contributed by atoms with Crippen LogP contribution in [0.4, 0.5) is 0 Å². The number of ether oxygens (including phenoxy) is 1. The van der Waals surface area contributed by atoms with E-state index in [0.29, 0.717) is 29.8 Å². The van der Waals surface area contributed by atoms with Gasteiger partial charge in [-0.1, -0.05) is 17.7 Å². The standard InChI is InChI=1S/C14H19ClN2O2.ClH/c1-19-13-6-2-5-12(15)11(13)9-17-14(18)8-10-4-3-7-16-10;/h2,5-6,10,16H,3-4,7-9H2,1H3,(H,17,18);1H. The van der Waals surface area contributed by atoms with Crippen LogP contribution in [0.15, 0.2) is 18.2 Å². The minimum absolute atomic E-state index is 0. The monoisotopic (exact) mass is 318 g/mol. The van der Waals surface area contributed by atoms with Crippen molar-refractivity contribution in [2.75, 3.05) is 13.7 Å². The molecule has 6 heteroatoms. The molecule has 0 aromatic heterocycles. The first-order valence-corrected chi connectivity index (χ1v) is 6.90. The Labute approximate surface area is 130 Å². The van der Waals surface area contributed by atoms with E-state index in [1.165, 1.54) is 0 Å². The van der Waals surface area contributed by atoms with Gasteiger partial charge in [-0.3, -0.25) is 4.79 Å². The van der Waals surface area contributed by atoms with Gasteiger partial charge in [0.25, 0.3) is 0 Å². The Bertz CT molecular complexity index is 449. The maximum atomic E-state index is 11.8. The number of amides is 1. The maximum Gasteiger partial charge on any atom is 0.221 e. The summed E-state index contributed by atoms with van der Waals surface area (Å²) in [6.07, 6.45) is 2.74. The molecule has 1 aromatic rings. The lowest BCUT2D eigenvalue weighted by Gasteiger charge is -2.13. The Hall–Kier alpha value is -0.970. The van der Waals surface area contributed by atoms with Crippen molar-refractivity contribution < 1.29 is 9.53 Å². The zero-order valence-corrected chi connectivity index (χ0v) is 13.0. The number of halogens is 2. The highest BCUT2D eigenvalue weighted by Crippen LogP contribution is 2.25. The molecule has 0 aliphatic carbocycles. The molecule has 0 radical (unpaired) electrons. The Morgan fingerprint density at radius 3 is 3.00 bits per heavy atom. The molecule has 1 unspecified atom stereocenters. The normalized spacial score (nSPS) is 17.4. The molecule has 0 bridgehead atoms. The van der Waals surface area contributed by atoms with Gasteiger partial charge in [-0.25, -0.2) is 0 Å². The first kappa shape index (κ1) is 17.1. The van der Waals surface area contributed by atoms with Gasteiger partial charge >= 0.3 is 0 Å². The third-order valence-corrected chi connectivity index (χ3v) is 3.71. The molecule has 1 fully saturated rings. The summed E-state index contributed by atoms with van der Waals surface area (Å²) in [6, 6.07) is 5.78. The number of methoxy groups -OCH3 is 1. The predicted octanol–water partition coefficient (Wildman–Crippen LogP) is 2.53. The number of nitrogens with one attached hydrogen (secondary N) is 2. The minimum Gasteiger partial charge on any atom is -0.496 e. The number of hydrogen-bond donors (Lipinski definition) is 2. The summed E-state index contributed by atoms with van der Waals surface area (Å²) in [5, 5.41) is 6.82. The smallest absolute Gasteiger partial charge is 0.221 e. The van der Waals surface area contributed by atoms with Crippen LogP contribution in [0.2, 0.25) is 5.02 Å². The lowest BCUT2D eigenvalue weighted by Crippen LogP contribution is -2.31. The highest BCUT2D eigenvalue weighted by Gasteiger charge is 2.18. The molecule has 1 atom stereocenters. The van der Waals surface area contributed by atoms with E-state index in [-0.39, 0.29) is 18.3 Å². The van der Waals surface area contributed by atoms with Gasteiger partial charge in [0.2, 0.25) is 5.91 Å². The van der Waals surface area contributed by atoms with Gasteiger partial charge in [0, 0.05) is 29.6 Å². The Balaban J connectivity index is 0.00000200. The van der Waals surface area contributed by atoms with Crippen LogP contribution >= 0.6 is 24.0 Å². The van der Waals surface area contributed by atoms with Gasteiger partial charge in [0.15, 0.2) is 0 Å². The molecular weight excluding hydrogens is 299 g/mol. The fraction of sp³-hybridized carbons (Fsp3) is 0.500. The van der Waals surface area contributed by atoms with Crippen molar-refractivity contribution in [1.82, 2.24) is 10.6 Å². The van der Waals surface area contributed by atoms with Gasteiger partial charge in [-0.2, -0.15) is 0 Å². The third-order valence-electron chi connectivity index (χ3n) is 3.35. The van der Waals surface area contributed by atoms with Gasteiger partial charge < -0.3 is 15.4 Å². The first-order valence-electron chi connectivity index (χ1n) is 6.52. The van der Waals surface area contributed by atoms with Crippen LogP contribution in [-0.2, 0) is 11.3 Å². The maximum absolute atomic E-state index is 11.8. The van der Waals surface area contributed by atoms with Crippen LogP contribution in [0.25, 0.3) is 0 Å². The summed E-state index contributed by atoms with van der Waals surface area (Å²) in [5.74, 6) is 0.744. The van der Waals surface area contributed by atoms with Crippen molar-refractivity contribution in [2.24, 2.45) is 0 Å². The Morgan fingerprint density at radius 2 is 2.35 bits per heavy atom. The van der Waals surface area contributed by atoms with Crippen LogP contribution in [0.3, 0.4) is 0 Å². The van der Waals surface area contributed by atoms with Gasteiger partial charge in [0.1, 0.15) is 5.75 Å². The molecule has 4 nitrogen and oxygen atoms in total. The number of hydrogen-bond acceptors (Lipinski definition) is 3. The number of carbonyl (C=O) groups excluding carboxylic acids is 1. The van der Waals surface area contributed by atoms with E-state index in [1.54, 1.807) is 13.2 Å². The van der Waals surface area contributed by atoms with Crippen molar-refractivity contribution in [1.29, 1.82) is 0 Å². The number of carbonyl (C=O) groups is 1. The van der Waals surface area contributed by atoms with E-state index in [2.05, 4.69) is 10.6 Å². The lowest BCUT2D eigenvalue weighted by atomic mass is 10.1. The fourth-order valence-electron chi connectivity index (χ4n) is 2.32. The largest absolute Gasteiger partial charge is 0.496 e. The third kappa shape index (κ3) is 4.54. The number of rotatable bonds is 5. The zero-order chi connectivity index (χ0) is 13.7. The average molecular weight is 319 g/mol. The van der Waals surface area contributed by atoms with Gasteiger partial charge in [-0.15, -0.1) is 12.4 Å². The molecule has 1 saturated heterocycles. The molecular formula is C14H20Cl2N2O2. The van der Waals surface area contributed by atoms with Crippen LogP contribution in [0, 0.1) is 0 Å². The second kappa shape index (κ2) is 8.35. The molecule has 1 aromatic carbocycles. The quantitative estimate of drug-likeness (QED) is 0.877. The summed E-state index contributed by atoms with van der Waals surface area (Å²) in [4.78, 5) is 11.8. The van der Waals surface area contributed by atoms with Gasteiger partial charge in [-0.05, 0) is 31.5 Å². The molecule has 0 saturated carbocycles. The second-order valence-corrected chi connectivity index (χ2v) is 5.10. The van der Waals surface area contributed by atoms with Crippen LogP contribution < -0.4 is 15.4 Å². The highest BCUT2D eigenvalue weighted by atomic mass is 35.5. The first-order chi connectivity index (χ1) is 9.20. The van der Waals surface area contributed by atoms with Crippen molar-refractivity contribution in [3.63, 3.8) is 0 Å². The minimum atomic E-state index is 0. The Kier molecular flexibility index (Phi) is 7.13. The zero-order valence-electron chi connectivity index (χ0n) is 11.4. The van der Waals surface area contributed by atoms with Crippen molar-refractivity contribution in [2.45, 2.75) is 31.8 Å². The van der Waals surface area contributed by atoms with E-state index in [9.17, 15) is 4.79 Å². The molecule has 1 heterocycles. The van der Waals surface area contributed by atoms with Crippen LogP contribution in [0.1, 0.15) is 24.8 Å². The van der Waals surface area contributed by atoms with Crippen LogP contribution in [-0.4, -0.2) is 25.6 Å². The second-order valence-electron chi connectivity index (χ2n) is 4.69.